The van der Waals surface area contributed by atoms with E-state index < -0.39 is 11.2 Å². The van der Waals surface area contributed by atoms with Crippen molar-refractivity contribution in [3.8, 4) is 0 Å². The highest BCUT2D eigenvalue weighted by molar-refractivity contribution is 7.96. The number of nitrogens with one attached hydrogen (secondary N) is 1. The van der Waals surface area contributed by atoms with Crippen molar-refractivity contribution in [1.82, 2.24) is 5.32 Å². The minimum absolute atomic E-state index is 0.0662. The Morgan fingerprint density at radius 1 is 1.53 bits per heavy atom. The zero-order valence-corrected chi connectivity index (χ0v) is 10.4. The van der Waals surface area contributed by atoms with Crippen molar-refractivity contribution in [2.75, 3.05) is 6.54 Å². The van der Waals surface area contributed by atoms with E-state index in [0.29, 0.717) is 18.5 Å². The summed E-state index contributed by atoms with van der Waals surface area (Å²) >= 11 is 3.65. The van der Waals surface area contributed by atoms with E-state index in [1.165, 1.54) is 6.92 Å². The van der Waals surface area contributed by atoms with Gasteiger partial charge in [0.2, 0.25) is 11.0 Å². The van der Waals surface area contributed by atoms with Crippen LogP contribution in [-0.4, -0.2) is 35.6 Å². The minimum atomic E-state index is -0.866. The molecule has 0 saturated carbocycles. The molecule has 0 aromatic carbocycles. The summed E-state index contributed by atoms with van der Waals surface area (Å²) in [5, 5.41) is 1.88. The van der Waals surface area contributed by atoms with Crippen LogP contribution < -0.4 is 5.32 Å². The van der Waals surface area contributed by atoms with E-state index in [0.717, 1.165) is 0 Å². The normalized spacial score (nSPS) is 16.0. The molecule has 1 atom stereocenters. The fraction of sp³-hybridized carbons (Fsp3) is 0.455. The van der Waals surface area contributed by atoms with Gasteiger partial charge in [-0.1, -0.05) is 6.08 Å². The molecule has 1 aliphatic rings. The highest BCUT2D eigenvalue weighted by Crippen LogP contribution is 2.09. The van der Waals surface area contributed by atoms with Crippen LogP contribution in [0, 0.1) is 0 Å². The lowest BCUT2D eigenvalue weighted by Crippen LogP contribution is -2.39. The summed E-state index contributed by atoms with van der Waals surface area (Å²) in [6, 6.07) is -0.866. The third-order valence-corrected chi connectivity index (χ3v) is 2.60. The fourth-order valence-electron chi connectivity index (χ4n) is 1.46. The molecular formula is C11H14N2O3S. The molecule has 0 aromatic rings. The number of rotatable bonds is 5. The van der Waals surface area contributed by atoms with Crippen LogP contribution in [0.4, 0.5) is 0 Å². The lowest BCUT2D eigenvalue weighted by Gasteiger charge is -2.14. The van der Waals surface area contributed by atoms with Crippen LogP contribution in [0.5, 0.6) is 0 Å². The molecule has 17 heavy (non-hydrogen) atoms. The summed E-state index contributed by atoms with van der Waals surface area (Å²) in [6.07, 6.45) is 4.07. The third kappa shape index (κ3) is 4.52. The second kappa shape index (κ2) is 6.34. The number of dihydropyridines is 1. The summed E-state index contributed by atoms with van der Waals surface area (Å²) in [6.45, 7) is 1.63. The van der Waals surface area contributed by atoms with E-state index >= 15 is 0 Å². The predicted molar refractivity (Wildman–Crippen MR) is 67.3 cm³/mol. The first-order chi connectivity index (χ1) is 8.00. The first-order valence-electron chi connectivity index (χ1n) is 5.21. The molecule has 6 heteroatoms. The van der Waals surface area contributed by atoms with Crippen molar-refractivity contribution in [2.24, 2.45) is 4.99 Å². The number of aliphatic imine (C=N–C) groups is 1. The van der Waals surface area contributed by atoms with Gasteiger partial charge < -0.3 is 5.32 Å². The zero-order chi connectivity index (χ0) is 12.8. The first kappa shape index (κ1) is 13.6. The van der Waals surface area contributed by atoms with Gasteiger partial charge in [-0.15, -0.1) is 12.6 Å². The van der Waals surface area contributed by atoms with Crippen molar-refractivity contribution in [2.45, 2.75) is 25.8 Å². The molecule has 0 spiro atoms. The molecule has 1 aliphatic heterocycles. The van der Waals surface area contributed by atoms with Gasteiger partial charge in [-0.3, -0.25) is 19.4 Å². The summed E-state index contributed by atoms with van der Waals surface area (Å²) in [4.78, 5) is 37.8. The van der Waals surface area contributed by atoms with Gasteiger partial charge in [0.15, 0.2) is 5.78 Å². The SMILES string of the molecule is CC(=O)NC(CC(=O)C1=CCC=NC1)C(=O)S. The number of nitrogens with zero attached hydrogens (tertiary/aromatic N) is 1. The van der Waals surface area contributed by atoms with E-state index in [9.17, 15) is 14.4 Å². The number of allylic oxidation sites excluding steroid dienone is 1. The highest BCUT2D eigenvalue weighted by atomic mass is 32.1. The van der Waals surface area contributed by atoms with Crippen LogP contribution >= 0.6 is 12.6 Å². The number of hydrogen-bond donors (Lipinski definition) is 2. The van der Waals surface area contributed by atoms with Gasteiger partial charge in [-0.2, -0.15) is 0 Å². The van der Waals surface area contributed by atoms with E-state index in [-0.39, 0.29) is 18.1 Å². The lowest BCUT2D eigenvalue weighted by atomic mass is 10.0. The fourth-order valence-corrected chi connectivity index (χ4v) is 1.62. The van der Waals surface area contributed by atoms with Crippen molar-refractivity contribution in [1.29, 1.82) is 0 Å². The zero-order valence-electron chi connectivity index (χ0n) is 9.47. The summed E-state index contributed by atoms with van der Waals surface area (Å²) in [5.74, 6) is -0.538. The number of carbonyl (C=O) groups is 3. The minimum Gasteiger partial charge on any atom is -0.345 e. The molecule has 0 saturated heterocycles. The van der Waals surface area contributed by atoms with Crippen molar-refractivity contribution >= 4 is 35.6 Å². The second-order valence-electron chi connectivity index (χ2n) is 3.71. The Kier molecular flexibility index (Phi) is 5.09. The second-order valence-corrected chi connectivity index (χ2v) is 4.15. The molecular weight excluding hydrogens is 240 g/mol. The van der Waals surface area contributed by atoms with Crippen LogP contribution in [0.1, 0.15) is 19.8 Å². The Hall–Kier alpha value is -1.43. The van der Waals surface area contributed by atoms with Crippen molar-refractivity contribution in [3.63, 3.8) is 0 Å². The van der Waals surface area contributed by atoms with Crippen LogP contribution in [0.3, 0.4) is 0 Å². The summed E-state index contributed by atoms with van der Waals surface area (Å²) in [7, 11) is 0. The summed E-state index contributed by atoms with van der Waals surface area (Å²) < 4.78 is 0. The topological polar surface area (TPSA) is 75.6 Å². The van der Waals surface area contributed by atoms with E-state index in [1.807, 2.05) is 0 Å². The maximum Gasteiger partial charge on any atom is 0.217 e. The van der Waals surface area contributed by atoms with Crippen LogP contribution in [-0.2, 0) is 14.4 Å². The maximum absolute atomic E-state index is 11.8. The van der Waals surface area contributed by atoms with E-state index in [1.54, 1.807) is 12.3 Å². The van der Waals surface area contributed by atoms with Gasteiger partial charge in [0, 0.05) is 31.6 Å². The average molecular weight is 254 g/mol. The molecule has 0 radical (unpaired) electrons. The van der Waals surface area contributed by atoms with Gasteiger partial charge in [0.05, 0.1) is 6.54 Å². The number of thiol groups is 1. The van der Waals surface area contributed by atoms with Crippen LogP contribution in [0.2, 0.25) is 0 Å². The molecule has 0 bridgehead atoms. The van der Waals surface area contributed by atoms with E-state index in [2.05, 4.69) is 22.9 Å². The number of Topliss-reactive ketones (excluding diaryl/α,β-unsaturated/α-hetero) is 1. The molecule has 1 amide bonds. The first-order valence-corrected chi connectivity index (χ1v) is 5.66. The molecule has 5 nitrogen and oxygen atoms in total. The van der Waals surface area contributed by atoms with Crippen molar-refractivity contribution < 1.29 is 14.4 Å². The third-order valence-electron chi connectivity index (χ3n) is 2.28. The molecule has 92 valence electrons. The molecule has 0 aromatic heterocycles. The Bertz CT molecular complexity index is 402. The van der Waals surface area contributed by atoms with Crippen LogP contribution in [0.15, 0.2) is 16.6 Å². The Morgan fingerprint density at radius 3 is 2.71 bits per heavy atom. The number of hydrogen-bond acceptors (Lipinski definition) is 4. The van der Waals surface area contributed by atoms with Crippen molar-refractivity contribution in [3.05, 3.63) is 11.6 Å². The van der Waals surface area contributed by atoms with E-state index in [4.69, 9.17) is 0 Å². The molecule has 1 N–H and O–H groups in total. The van der Waals surface area contributed by atoms with Gasteiger partial charge >= 0.3 is 0 Å². The molecule has 1 rings (SSSR count). The van der Waals surface area contributed by atoms with Gasteiger partial charge in [-0.05, 0) is 0 Å². The number of carbonyl (C=O) groups excluding carboxylic acids is 3. The molecule has 1 unspecified atom stereocenters. The largest absolute Gasteiger partial charge is 0.345 e. The molecule has 0 aliphatic carbocycles. The van der Waals surface area contributed by atoms with Gasteiger partial charge in [-0.25, -0.2) is 0 Å². The summed E-state index contributed by atoms with van der Waals surface area (Å²) in [5.41, 5.74) is 0.581. The predicted octanol–water partition coefficient (Wildman–Crippen LogP) is 0.308. The number of ketones is 1. The Balaban J connectivity index is 2.60. The Labute approximate surface area is 105 Å². The molecule has 0 fully saturated rings. The Morgan fingerprint density at radius 2 is 2.24 bits per heavy atom. The van der Waals surface area contributed by atoms with Crippen LogP contribution in [0.25, 0.3) is 0 Å². The molecule has 1 heterocycles. The average Bonchev–Trinajstić information content (AvgIpc) is 2.28. The lowest BCUT2D eigenvalue weighted by molar-refractivity contribution is -0.124. The monoisotopic (exact) mass is 254 g/mol. The number of amides is 1. The standard InChI is InChI=1S/C11H14N2O3S/c1-7(14)13-9(11(16)17)5-10(15)8-3-2-4-12-6-8/h3-4,9H,2,5-6H2,1H3,(H,13,14)(H,16,17). The van der Waals surface area contributed by atoms with Gasteiger partial charge in [0.25, 0.3) is 0 Å². The van der Waals surface area contributed by atoms with Gasteiger partial charge in [0.1, 0.15) is 6.04 Å². The quantitative estimate of drug-likeness (QED) is 0.693. The highest BCUT2D eigenvalue weighted by Gasteiger charge is 2.22. The smallest absolute Gasteiger partial charge is 0.217 e. The maximum atomic E-state index is 11.8.